The smallest absolute Gasteiger partial charge is 0.402 e. The van der Waals surface area contributed by atoms with Crippen LogP contribution in [0.3, 0.4) is 0 Å². The van der Waals surface area contributed by atoms with Gasteiger partial charge in [-0.05, 0) is 0 Å². The van der Waals surface area contributed by atoms with Crippen molar-refractivity contribution in [1.29, 1.82) is 0 Å². The van der Waals surface area contributed by atoms with Crippen LogP contribution in [0.4, 0.5) is 0 Å². The molecule has 0 aromatic heterocycles. The van der Waals surface area contributed by atoms with Gasteiger partial charge in [0.15, 0.2) is 11.4 Å². The van der Waals surface area contributed by atoms with Gasteiger partial charge >= 0.3 is 17.1 Å². The summed E-state index contributed by atoms with van der Waals surface area (Å²) in [5, 5.41) is 45.8. The van der Waals surface area contributed by atoms with Crippen molar-refractivity contribution in [3.05, 3.63) is 5.21 Å². The Morgan fingerprint density at radius 1 is 1.12 bits per heavy atom. The third-order valence-corrected chi connectivity index (χ3v) is 3.04. The summed E-state index contributed by atoms with van der Waals surface area (Å²) in [5.41, 5.74) is -0.736. The third kappa shape index (κ3) is 1.30. The summed E-state index contributed by atoms with van der Waals surface area (Å²) in [4.78, 5) is 0. The van der Waals surface area contributed by atoms with E-state index in [1.54, 1.807) is 0 Å². The molecule has 0 amide bonds. The summed E-state index contributed by atoms with van der Waals surface area (Å²) in [6.07, 6.45) is 0.563. The van der Waals surface area contributed by atoms with Gasteiger partial charge in [0, 0.05) is 12.8 Å². The molecule has 17 heavy (non-hydrogen) atoms. The lowest BCUT2D eigenvalue weighted by Gasteiger charge is -2.12. The topological polar surface area (TPSA) is 114 Å². The lowest BCUT2D eigenvalue weighted by Crippen LogP contribution is -2.40. The number of hydrogen-bond donors (Lipinski definition) is 3. The average Bonchev–Trinajstić information content (AvgIpc) is 2.50. The Bertz CT molecular complexity index is 457. The van der Waals surface area contributed by atoms with Gasteiger partial charge in [-0.2, -0.15) is 0 Å². The second-order valence-corrected chi connectivity index (χ2v) is 4.39. The van der Waals surface area contributed by atoms with Crippen LogP contribution >= 0.6 is 0 Å². The van der Waals surface area contributed by atoms with Gasteiger partial charge in [0.2, 0.25) is 0 Å². The number of nitrogens with zero attached hydrogens (tertiary/aromatic N) is 4. The summed E-state index contributed by atoms with van der Waals surface area (Å²) in [6, 6.07) is 0. The minimum atomic E-state index is -1.24. The predicted octanol–water partition coefficient (Wildman–Crippen LogP) is -0.0157. The SMILES string of the molecule is CC1(C)[N+]([O-])=C2C(=[N+]1O)/C(=N\O)CC/C2=N/O. The molecule has 0 unspecified atom stereocenters. The van der Waals surface area contributed by atoms with E-state index in [4.69, 9.17) is 10.4 Å². The van der Waals surface area contributed by atoms with Gasteiger partial charge in [0.05, 0.1) is 18.6 Å². The molecule has 0 aromatic rings. The van der Waals surface area contributed by atoms with E-state index in [2.05, 4.69) is 10.3 Å². The minimum absolute atomic E-state index is 0.0408. The Hall–Kier alpha value is -2.12. The van der Waals surface area contributed by atoms with E-state index in [0.717, 1.165) is 4.74 Å². The van der Waals surface area contributed by atoms with Crippen LogP contribution in [0.5, 0.6) is 0 Å². The van der Waals surface area contributed by atoms with Crippen molar-refractivity contribution >= 4 is 22.8 Å². The summed E-state index contributed by atoms with van der Waals surface area (Å²) in [5.74, 6) is 0. The largest absolute Gasteiger partial charge is 0.618 e. The van der Waals surface area contributed by atoms with Gasteiger partial charge in [-0.3, -0.25) is 5.21 Å². The van der Waals surface area contributed by atoms with Crippen LogP contribution in [0.25, 0.3) is 0 Å². The Balaban J connectivity index is 2.73. The maximum atomic E-state index is 12.0. The lowest BCUT2D eigenvalue weighted by atomic mass is 9.92. The molecule has 1 fully saturated rings. The number of hydroxylamine groups is 2. The first-order chi connectivity index (χ1) is 7.95. The fraction of sp³-hybridized carbons (Fsp3) is 0.556. The molecule has 1 heterocycles. The lowest BCUT2D eigenvalue weighted by molar-refractivity contribution is -0.914. The molecule has 0 bridgehead atoms. The highest BCUT2D eigenvalue weighted by Gasteiger charge is 2.59. The molecule has 3 N–H and O–H groups in total. The summed E-state index contributed by atoms with van der Waals surface area (Å²) in [7, 11) is 0. The van der Waals surface area contributed by atoms with Crippen LogP contribution in [-0.4, -0.2) is 53.6 Å². The number of oxime groups is 2. The Morgan fingerprint density at radius 3 is 2.06 bits per heavy atom. The van der Waals surface area contributed by atoms with E-state index in [1.165, 1.54) is 13.8 Å². The van der Waals surface area contributed by atoms with Gasteiger partial charge in [-0.1, -0.05) is 10.3 Å². The molecule has 0 spiro atoms. The van der Waals surface area contributed by atoms with Gasteiger partial charge in [-0.25, -0.2) is 0 Å². The van der Waals surface area contributed by atoms with Gasteiger partial charge in [-0.15, -0.1) is 4.74 Å². The molecule has 1 aliphatic heterocycles. The number of hydrogen-bond acceptors (Lipinski definition) is 6. The quantitative estimate of drug-likeness (QED) is 0.239. The van der Waals surface area contributed by atoms with Crippen LogP contribution < -0.4 is 0 Å². The molecule has 92 valence electrons. The van der Waals surface area contributed by atoms with Crippen molar-refractivity contribution in [2.75, 3.05) is 0 Å². The van der Waals surface area contributed by atoms with E-state index in [1.807, 2.05) is 0 Å². The fourth-order valence-electron chi connectivity index (χ4n) is 2.01. The first-order valence-corrected chi connectivity index (χ1v) is 5.08. The Kier molecular flexibility index (Phi) is 2.30. The molecular weight excluding hydrogens is 228 g/mol. The van der Waals surface area contributed by atoms with Crippen LogP contribution in [-0.2, 0) is 0 Å². The summed E-state index contributed by atoms with van der Waals surface area (Å²) >= 11 is 0. The Morgan fingerprint density at radius 2 is 1.59 bits per heavy atom. The zero-order valence-electron chi connectivity index (χ0n) is 9.45. The van der Waals surface area contributed by atoms with E-state index < -0.39 is 5.66 Å². The standard InChI is InChI=1S/C9H12N4O4/c1-9(2)12(16)7-5(10-14)3-4-6(11-15)8(7)13(9)17/h14,17H,3-4H2,1-2H3/p+1/b10-5-. The van der Waals surface area contributed by atoms with Crippen LogP contribution in [0, 0.1) is 5.21 Å². The predicted molar refractivity (Wildman–Crippen MR) is 57.4 cm³/mol. The van der Waals surface area contributed by atoms with Crippen molar-refractivity contribution in [2.45, 2.75) is 32.4 Å². The molecule has 0 radical (unpaired) electrons. The van der Waals surface area contributed by atoms with Gasteiger partial charge < -0.3 is 15.6 Å². The highest BCUT2D eigenvalue weighted by Crippen LogP contribution is 2.22. The zero-order chi connectivity index (χ0) is 12.8. The highest BCUT2D eigenvalue weighted by molar-refractivity contribution is 6.82. The molecule has 2 rings (SSSR count). The molecule has 8 heteroatoms. The normalized spacial score (nSPS) is 28.1. The molecule has 0 aromatic carbocycles. The second kappa shape index (κ2) is 3.44. The molecule has 0 saturated heterocycles. The second-order valence-electron chi connectivity index (χ2n) is 4.39. The van der Waals surface area contributed by atoms with Crippen molar-refractivity contribution in [3.63, 3.8) is 0 Å². The van der Waals surface area contributed by atoms with E-state index in [-0.39, 0.29) is 35.7 Å². The van der Waals surface area contributed by atoms with Crippen molar-refractivity contribution in [1.82, 2.24) is 0 Å². The fourth-order valence-corrected chi connectivity index (χ4v) is 2.01. The van der Waals surface area contributed by atoms with Crippen LogP contribution in [0.2, 0.25) is 0 Å². The molecule has 8 nitrogen and oxygen atoms in total. The van der Waals surface area contributed by atoms with Crippen molar-refractivity contribution in [3.8, 4) is 0 Å². The highest BCUT2D eigenvalue weighted by atomic mass is 16.5. The van der Waals surface area contributed by atoms with Crippen LogP contribution in [0.15, 0.2) is 10.3 Å². The summed E-state index contributed by atoms with van der Waals surface area (Å²) < 4.78 is 1.27. The minimum Gasteiger partial charge on any atom is -0.618 e. The summed E-state index contributed by atoms with van der Waals surface area (Å²) in [6.45, 7) is 3.00. The van der Waals surface area contributed by atoms with Crippen molar-refractivity contribution in [2.24, 2.45) is 10.3 Å². The number of rotatable bonds is 0. The van der Waals surface area contributed by atoms with Gasteiger partial charge in [0.25, 0.3) is 0 Å². The zero-order valence-corrected chi connectivity index (χ0v) is 9.45. The molecular formula is C9H13N4O4+. The van der Waals surface area contributed by atoms with Crippen molar-refractivity contribution < 1.29 is 25.1 Å². The first-order valence-electron chi connectivity index (χ1n) is 5.08. The maximum Gasteiger partial charge on any atom is 0.402 e. The average molecular weight is 241 g/mol. The van der Waals surface area contributed by atoms with E-state index in [0.29, 0.717) is 4.74 Å². The first kappa shape index (κ1) is 11.4. The molecule has 1 saturated carbocycles. The maximum absolute atomic E-state index is 12.0. The third-order valence-electron chi connectivity index (χ3n) is 3.04. The monoisotopic (exact) mass is 241 g/mol. The van der Waals surface area contributed by atoms with Crippen LogP contribution in [0.1, 0.15) is 26.7 Å². The molecule has 2 aliphatic rings. The molecule has 0 atom stereocenters. The molecule has 1 aliphatic carbocycles. The Labute approximate surface area is 96.6 Å². The van der Waals surface area contributed by atoms with E-state index in [9.17, 15) is 10.4 Å². The van der Waals surface area contributed by atoms with Gasteiger partial charge in [0.1, 0.15) is 0 Å². The number of fused-ring (bicyclic) bond motifs is 1. The van der Waals surface area contributed by atoms with E-state index >= 15 is 0 Å².